The predicted molar refractivity (Wildman–Crippen MR) is 508 cm³/mol. The van der Waals surface area contributed by atoms with Crippen LogP contribution in [0.25, 0.3) is 0 Å². The highest BCUT2D eigenvalue weighted by molar-refractivity contribution is 6.08. The second kappa shape index (κ2) is 43.8. The molecule has 18 nitrogen and oxygen atoms in total. The molecule has 0 radical (unpaired) electrons. The van der Waals surface area contributed by atoms with Crippen molar-refractivity contribution in [3.05, 3.63) is 275 Å². The van der Waals surface area contributed by atoms with E-state index in [1.165, 1.54) is 149 Å². The molecule has 18 heteroatoms. The zero-order valence-electron chi connectivity index (χ0n) is 76.7. The third-order valence-corrected chi connectivity index (χ3v) is 24.5. The van der Waals surface area contributed by atoms with Crippen molar-refractivity contribution in [2.45, 2.75) is 273 Å². The molecule has 5 amide bonds. The number of hydrazine groups is 1. The topological polar surface area (TPSA) is 243 Å². The second-order valence-corrected chi connectivity index (χ2v) is 37.2. The van der Waals surface area contributed by atoms with Crippen LogP contribution < -0.4 is 46.3 Å². The largest absolute Gasteiger partial charge is 0.507 e. The first-order chi connectivity index (χ1) is 59.8. The summed E-state index contributed by atoms with van der Waals surface area (Å²) in [6.07, 6.45) is 28.7. The van der Waals surface area contributed by atoms with Gasteiger partial charge in [0.1, 0.15) is 28.7 Å². The number of benzene rings is 9. The molecule has 1 heterocycles. The molecule has 9 aromatic carbocycles. The molecule has 1 aromatic heterocycles. The Labute approximate surface area is 742 Å². The number of amides is 5. The fraction of sp³-hybridized carbons (Fsp3) is 0.421. The summed E-state index contributed by atoms with van der Waals surface area (Å²) >= 11 is 0. The fourth-order valence-electron chi connectivity index (χ4n) is 17.0. The monoisotopic (exact) mass is 1690 g/mol. The summed E-state index contributed by atoms with van der Waals surface area (Å²) < 4.78 is 18.4. The summed E-state index contributed by atoms with van der Waals surface area (Å²) in [5.41, 5.74) is 30.7. The number of ether oxygens (including phenoxy) is 3. The minimum absolute atomic E-state index is 0.00891. The number of aryl methyl sites for hydroxylation is 13. The lowest BCUT2D eigenvalue weighted by Gasteiger charge is -2.19. The van der Waals surface area contributed by atoms with Gasteiger partial charge in [-0.05, 0) is 341 Å². The van der Waals surface area contributed by atoms with E-state index in [2.05, 4.69) is 142 Å². The van der Waals surface area contributed by atoms with Crippen LogP contribution in [0.5, 0.6) is 28.7 Å². The van der Waals surface area contributed by atoms with E-state index in [9.17, 15) is 34.2 Å². The number of hydrogen-bond donors (Lipinski definition) is 8. The number of aromatic hydroxyl groups is 2. The van der Waals surface area contributed by atoms with Crippen molar-refractivity contribution in [1.82, 2.24) is 15.2 Å². The van der Waals surface area contributed by atoms with Crippen LogP contribution in [0.3, 0.4) is 0 Å². The van der Waals surface area contributed by atoms with E-state index in [1.54, 1.807) is 33.5 Å². The van der Waals surface area contributed by atoms with Gasteiger partial charge in [0.25, 0.3) is 23.6 Å². The number of nitrogens with zero attached hydrogens (tertiary/aromatic N) is 2. The molecule has 8 N–H and O–H groups in total. The first-order valence-electron chi connectivity index (χ1n) is 45.4. The number of carbonyl (C=O) groups is 5. The van der Waals surface area contributed by atoms with Gasteiger partial charge in [0, 0.05) is 40.9 Å². The number of hydrogen-bond acceptors (Lipinski definition) is 12. The fourth-order valence-corrected chi connectivity index (χ4v) is 17.0. The summed E-state index contributed by atoms with van der Waals surface area (Å²) in [6, 6.07) is 53.5. The van der Waals surface area contributed by atoms with Gasteiger partial charge >= 0.3 is 0 Å². The number of phenols is 2. The van der Waals surface area contributed by atoms with Crippen LogP contribution in [0.1, 0.15) is 296 Å². The smallest absolute Gasteiger partial charge is 0.273 e. The Bertz CT molecular complexity index is 5350. The summed E-state index contributed by atoms with van der Waals surface area (Å²) in [7, 11) is 4.93. The predicted octanol–water partition coefficient (Wildman–Crippen LogP) is 23.6. The number of fused-ring (bicyclic) bond motifs is 5. The zero-order valence-corrected chi connectivity index (χ0v) is 76.7. The van der Waals surface area contributed by atoms with E-state index in [-0.39, 0.29) is 57.3 Å². The summed E-state index contributed by atoms with van der Waals surface area (Å²) in [6.45, 7) is 26.3. The minimum Gasteiger partial charge on any atom is -0.507 e. The van der Waals surface area contributed by atoms with Crippen molar-refractivity contribution >= 4 is 58.1 Å². The third-order valence-electron chi connectivity index (χ3n) is 24.5. The quantitative estimate of drug-likeness (QED) is 0.0333. The van der Waals surface area contributed by atoms with E-state index in [1.807, 2.05) is 135 Å². The molecular formula is C107H134N8O10. The molecule has 0 fully saturated rings. The zero-order chi connectivity index (χ0) is 89.5. The Balaban J connectivity index is 0.000000152. The molecule has 0 saturated carbocycles. The minimum atomic E-state index is -0.310. The van der Waals surface area contributed by atoms with E-state index >= 15 is 0 Å². The molecule has 10 aromatic rings. The van der Waals surface area contributed by atoms with Crippen LogP contribution in [-0.2, 0) is 98.2 Å². The average Bonchev–Trinajstić information content (AvgIpc) is 1.14. The van der Waals surface area contributed by atoms with Gasteiger partial charge in [0.05, 0.1) is 55.7 Å². The molecule has 0 unspecified atom stereocenters. The lowest BCUT2D eigenvalue weighted by atomic mass is 9.87. The highest BCUT2D eigenvalue weighted by Crippen LogP contribution is 2.37. The van der Waals surface area contributed by atoms with Crippen LogP contribution >= 0.6 is 0 Å². The van der Waals surface area contributed by atoms with E-state index in [4.69, 9.17) is 14.2 Å². The Kier molecular flexibility index (Phi) is 32.9. The van der Waals surface area contributed by atoms with Gasteiger partial charge in [0.15, 0.2) is 5.82 Å². The molecule has 15 rings (SSSR count). The first-order valence-corrected chi connectivity index (χ1v) is 45.4. The SMILES string of the molecule is CC(C)(C)c1ccc(NC(=O)c2cc3c(cc2O)CCCCC3)cc1.CCn1nc(NC(=O)c2cc3c(cc2O)CCCCC3)cc1C.COc1cc2c(cc1C(=O)NNc1ccc(C)cc1)CCCCC2.COc1cc2c(cc1C(=O)Nc1ccc(C(C)(C)C)cc1)CCCCC2.COc1cc2c(cc1CC(=O)Nc1ccc(C(C)(C)C)cc1)CCCCC2. The Morgan fingerprint density at radius 3 is 1.01 bits per heavy atom. The molecule has 5 aliphatic rings. The maximum Gasteiger partial charge on any atom is 0.273 e. The molecule has 662 valence electrons. The molecule has 0 saturated heterocycles. The van der Waals surface area contributed by atoms with Crippen LogP contribution in [0.4, 0.5) is 28.6 Å². The van der Waals surface area contributed by atoms with Crippen LogP contribution in [-0.4, -0.2) is 70.9 Å². The number of aromatic nitrogens is 2. The molecule has 5 aliphatic carbocycles. The molecule has 125 heavy (non-hydrogen) atoms. The van der Waals surface area contributed by atoms with Gasteiger partial charge in [-0.1, -0.05) is 155 Å². The lowest BCUT2D eigenvalue weighted by Crippen LogP contribution is -2.29. The van der Waals surface area contributed by atoms with Gasteiger partial charge in [-0.3, -0.25) is 39.5 Å². The number of rotatable bonds is 16. The van der Waals surface area contributed by atoms with Crippen LogP contribution in [0, 0.1) is 13.8 Å². The molecule has 0 bridgehead atoms. The Morgan fingerprint density at radius 1 is 0.352 bits per heavy atom. The molecule has 0 spiro atoms. The van der Waals surface area contributed by atoms with E-state index < -0.39 is 0 Å². The molecule has 0 aliphatic heterocycles. The number of methoxy groups -OCH3 is 3. The van der Waals surface area contributed by atoms with Crippen molar-refractivity contribution in [1.29, 1.82) is 0 Å². The van der Waals surface area contributed by atoms with Crippen LogP contribution in [0.2, 0.25) is 0 Å². The highest BCUT2D eigenvalue weighted by Gasteiger charge is 2.26. The van der Waals surface area contributed by atoms with Gasteiger partial charge in [-0.15, -0.1) is 0 Å². The van der Waals surface area contributed by atoms with E-state index in [0.717, 1.165) is 136 Å². The maximum absolute atomic E-state index is 12.9. The third kappa shape index (κ3) is 26.5. The van der Waals surface area contributed by atoms with Gasteiger partial charge in [-0.25, -0.2) is 0 Å². The summed E-state index contributed by atoms with van der Waals surface area (Å²) in [5.74, 6) is 1.90. The van der Waals surface area contributed by atoms with Crippen LogP contribution in [0.15, 0.2) is 164 Å². The van der Waals surface area contributed by atoms with Crippen molar-refractivity contribution < 1.29 is 48.4 Å². The van der Waals surface area contributed by atoms with Crippen molar-refractivity contribution in [3.8, 4) is 28.7 Å². The highest BCUT2D eigenvalue weighted by atomic mass is 16.5. The van der Waals surface area contributed by atoms with Crippen molar-refractivity contribution in [3.63, 3.8) is 0 Å². The van der Waals surface area contributed by atoms with E-state index in [0.29, 0.717) is 46.0 Å². The summed E-state index contributed by atoms with van der Waals surface area (Å²) in [4.78, 5) is 63.2. The number of carbonyl (C=O) groups excluding carboxylic acids is 5. The van der Waals surface area contributed by atoms with Gasteiger partial charge < -0.3 is 45.7 Å². The number of nitrogens with one attached hydrogen (secondary N) is 6. The average molecular weight is 1690 g/mol. The van der Waals surface area contributed by atoms with Crippen molar-refractivity contribution in [2.75, 3.05) is 48.0 Å². The first kappa shape index (κ1) is 94.0. The van der Waals surface area contributed by atoms with Gasteiger partial charge in [0.2, 0.25) is 5.91 Å². The lowest BCUT2D eigenvalue weighted by molar-refractivity contribution is -0.115. The number of phenolic OH excluding ortho intramolecular Hbond substituents is 2. The second-order valence-electron chi connectivity index (χ2n) is 37.2. The standard InChI is InChI=1S/C24H31NO2.C23H29NO2.C22H27NO2.C20H24N2O2.C18H23N3O2/c1-24(2,3)20-10-12-21(13-11-20)25-23(26)16-19-14-17-8-6-5-7-9-18(17)15-22(19)27-4;1-23(2,3)18-10-12-19(13-11-18)24-22(25)20-14-16-8-6-5-7-9-17(16)15-21(20)26-4;1-22(2,3)17-9-11-18(12-10-17)23-21(25)19-13-15-7-5-4-6-8-16(15)14-20(19)24;1-14-8-10-17(11-9-14)21-22-20(23)18-12-15-6-4-3-5-7-16(15)13-19(18)24-2;1-3-21-12(2)9-17(20-21)19-18(23)15-10-13-7-5-4-6-8-14(13)11-16(15)22/h10-15H,5-9,16H2,1-4H3,(H,25,26);10-15H,5-9H2,1-4H3,(H,24,25);9-14,24H,4-8H2,1-3H3,(H,23,25);8-13,21H,3-7H2,1-2H3,(H,22,23);9-11,22H,3-8H2,1-2H3,(H,19,20,23). The Hall–Kier alpha value is -11.7. The maximum atomic E-state index is 12.9. The normalized spacial score (nSPS) is 14.2. The molecular weight excluding hydrogens is 1560 g/mol. The van der Waals surface area contributed by atoms with Crippen molar-refractivity contribution in [2.24, 2.45) is 0 Å². The Morgan fingerprint density at radius 2 is 0.656 bits per heavy atom. The molecule has 0 atom stereocenters. The number of anilines is 5. The summed E-state index contributed by atoms with van der Waals surface area (Å²) in [5, 5.41) is 36.6. The van der Waals surface area contributed by atoms with Gasteiger partial charge in [-0.2, -0.15) is 5.10 Å².